The molecule has 0 bridgehead atoms. The molecule has 1 unspecified atom stereocenters. The van der Waals surface area contributed by atoms with Crippen LogP contribution in [0.3, 0.4) is 0 Å². The highest BCUT2D eigenvalue weighted by atomic mass is 35.5. The van der Waals surface area contributed by atoms with Crippen LogP contribution in [0.25, 0.3) is 0 Å². The summed E-state index contributed by atoms with van der Waals surface area (Å²) in [6, 6.07) is 6.66. The van der Waals surface area contributed by atoms with Crippen molar-refractivity contribution in [2.75, 3.05) is 4.90 Å². The van der Waals surface area contributed by atoms with E-state index >= 15 is 0 Å². The zero-order chi connectivity index (χ0) is 16.6. The first kappa shape index (κ1) is 15.6. The van der Waals surface area contributed by atoms with Crippen molar-refractivity contribution in [2.45, 2.75) is 38.7 Å². The fourth-order valence-electron chi connectivity index (χ4n) is 2.91. The van der Waals surface area contributed by atoms with Gasteiger partial charge in [0, 0.05) is 17.2 Å². The van der Waals surface area contributed by atoms with E-state index in [-0.39, 0.29) is 17.6 Å². The van der Waals surface area contributed by atoms with E-state index in [9.17, 15) is 9.59 Å². The number of carbonyl (C=O) groups excluding carboxylic acids is 2. The Morgan fingerprint density at radius 2 is 1.83 bits per heavy atom. The number of hydrogen-bond acceptors (Lipinski definition) is 4. The van der Waals surface area contributed by atoms with Crippen molar-refractivity contribution in [1.82, 2.24) is 0 Å². The number of anilines is 1. The molecule has 6 heteroatoms. The molecular weight excluding hydrogens is 316 g/mol. The molecule has 0 saturated carbocycles. The number of nitriles is 1. The van der Waals surface area contributed by atoms with Crippen LogP contribution in [0, 0.1) is 11.3 Å². The van der Waals surface area contributed by atoms with E-state index in [1.807, 2.05) is 6.07 Å². The van der Waals surface area contributed by atoms with Crippen LogP contribution in [0.1, 0.15) is 32.6 Å². The van der Waals surface area contributed by atoms with E-state index in [2.05, 4.69) is 0 Å². The standard InChI is InChI=1S/C17H15ClN2O3/c1-10(9-19)23-15-8-11(6-7-14(15)18)20-16(21)12-4-2-3-5-13(12)17(20)22/h6-8,10H,2-5H2,1H3. The molecule has 1 heterocycles. The number of hydrogen-bond donors (Lipinski definition) is 0. The molecule has 5 nitrogen and oxygen atoms in total. The van der Waals surface area contributed by atoms with Crippen LogP contribution in [0.15, 0.2) is 29.3 Å². The molecular formula is C17H15ClN2O3. The summed E-state index contributed by atoms with van der Waals surface area (Å²) in [7, 11) is 0. The Hall–Kier alpha value is -2.32. The molecule has 2 aliphatic rings. The summed E-state index contributed by atoms with van der Waals surface area (Å²) in [6.07, 6.45) is 2.48. The number of imide groups is 1. The number of benzene rings is 1. The van der Waals surface area contributed by atoms with Crippen molar-refractivity contribution in [3.63, 3.8) is 0 Å². The van der Waals surface area contributed by atoms with E-state index in [0.717, 1.165) is 12.8 Å². The molecule has 1 aromatic carbocycles. The minimum atomic E-state index is -0.681. The van der Waals surface area contributed by atoms with Crippen LogP contribution < -0.4 is 9.64 Å². The highest BCUT2D eigenvalue weighted by Gasteiger charge is 2.39. The molecule has 0 N–H and O–H groups in total. The van der Waals surface area contributed by atoms with Gasteiger partial charge in [-0.15, -0.1) is 0 Å². The average Bonchev–Trinajstić information content (AvgIpc) is 2.81. The number of nitrogens with zero attached hydrogens (tertiary/aromatic N) is 2. The lowest BCUT2D eigenvalue weighted by molar-refractivity contribution is -0.120. The predicted octanol–water partition coefficient (Wildman–Crippen LogP) is 3.37. The number of carbonyl (C=O) groups is 2. The van der Waals surface area contributed by atoms with Gasteiger partial charge in [0.2, 0.25) is 0 Å². The first-order chi connectivity index (χ1) is 11.0. The van der Waals surface area contributed by atoms with Gasteiger partial charge >= 0.3 is 0 Å². The fourth-order valence-corrected chi connectivity index (χ4v) is 3.07. The molecule has 2 amide bonds. The first-order valence-electron chi connectivity index (χ1n) is 7.49. The van der Waals surface area contributed by atoms with Gasteiger partial charge < -0.3 is 4.74 Å². The number of rotatable bonds is 3. The Labute approximate surface area is 139 Å². The van der Waals surface area contributed by atoms with Crippen LogP contribution in [0.5, 0.6) is 5.75 Å². The van der Waals surface area contributed by atoms with Crippen LogP contribution in [0.2, 0.25) is 5.02 Å². The normalized spacial score (nSPS) is 18.7. The third kappa shape index (κ3) is 2.71. The second-order valence-electron chi connectivity index (χ2n) is 5.61. The van der Waals surface area contributed by atoms with Gasteiger partial charge in [0.05, 0.1) is 10.7 Å². The zero-order valence-electron chi connectivity index (χ0n) is 12.6. The van der Waals surface area contributed by atoms with Crippen LogP contribution in [-0.4, -0.2) is 17.9 Å². The molecule has 118 valence electrons. The Morgan fingerprint density at radius 1 is 1.22 bits per heavy atom. The summed E-state index contributed by atoms with van der Waals surface area (Å²) in [5.74, 6) is -0.235. The van der Waals surface area contributed by atoms with Gasteiger partial charge in [-0.25, -0.2) is 4.90 Å². The quantitative estimate of drug-likeness (QED) is 0.797. The summed E-state index contributed by atoms with van der Waals surface area (Å²) >= 11 is 6.07. The first-order valence-corrected chi connectivity index (χ1v) is 7.87. The van der Waals surface area contributed by atoms with Gasteiger partial charge in [0.1, 0.15) is 11.8 Å². The third-order valence-corrected chi connectivity index (χ3v) is 4.36. The van der Waals surface area contributed by atoms with Crippen LogP contribution >= 0.6 is 11.6 Å². The Bertz CT molecular complexity index is 736. The van der Waals surface area contributed by atoms with Gasteiger partial charge in [0.15, 0.2) is 6.10 Å². The third-order valence-electron chi connectivity index (χ3n) is 4.05. The van der Waals surface area contributed by atoms with Crippen LogP contribution in [-0.2, 0) is 9.59 Å². The molecule has 1 aromatic rings. The molecule has 0 saturated heterocycles. The van der Waals surface area contributed by atoms with Gasteiger partial charge in [-0.1, -0.05) is 11.6 Å². The number of ether oxygens (including phenoxy) is 1. The van der Waals surface area contributed by atoms with E-state index in [0.29, 0.717) is 34.7 Å². The molecule has 0 aromatic heterocycles. The molecule has 23 heavy (non-hydrogen) atoms. The van der Waals surface area contributed by atoms with Gasteiger partial charge in [-0.3, -0.25) is 9.59 Å². The molecule has 1 aliphatic heterocycles. The summed E-state index contributed by atoms with van der Waals surface area (Å²) in [5, 5.41) is 9.18. The van der Waals surface area contributed by atoms with Gasteiger partial charge in [0.25, 0.3) is 11.8 Å². The Kier molecular flexibility index (Phi) is 4.10. The van der Waals surface area contributed by atoms with E-state index in [4.69, 9.17) is 21.6 Å². The molecule has 0 spiro atoms. The highest BCUT2D eigenvalue weighted by Crippen LogP contribution is 2.38. The van der Waals surface area contributed by atoms with E-state index < -0.39 is 6.10 Å². The second kappa shape index (κ2) is 6.05. The molecule has 1 aliphatic carbocycles. The summed E-state index contributed by atoms with van der Waals surface area (Å²) in [6.45, 7) is 1.59. The minimum Gasteiger partial charge on any atom is -0.474 e. The second-order valence-corrected chi connectivity index (χ2v) is 6.02. The van der Waals surface area contributed by atoms with Crippen LogP contribution in [0.4, 0.5) is 5.69 Å². The van der Waals surface area contributed by atoms with Crippen molar-refractivity contribution >= 4 is 29.1 Å². The van der Waals surface area contributed by atoms with Crippen molar-refractivity contribution in [3.05, 3.63) is 34.4 Å². The average molecular weight is 331 g/mol. The SMILES string of the molecule is CC(C#N)Oc1cc(N2C(=O)C3=C(CCCC3)C2=O)ccc1Cl. The molecule has 0 radical (unpaired) electrons. The van der Waals surface area contributed by atoms with E-state index in [1.165, 1.54) is 11.0 Å². The highest BCUT2D eigenvalue weighted by molar-refractivity contribution is 6.34. The molecule has 3 rings (SSSR count). The maximum absolute atomic E-state index is 12.5. The molecule has 1 atom stereocenters. The summed E-state index contributed by atoms with van der Waals surface area (Å²) in [5.41, 5.74) is 1.67. The minimum absolute atomic E-state index is 0.258. The summed E-state index contributed by atoms with van der Waals surface area (Å²) < 4.78 is 5.43. The number of halogens is 1. The maximum Gasteiger partial charge on any atom is 0.261 e. The summed E-state index contributed by atoms with van der Waals surface area (Å²) in [4.78, 5) is 26.3. The monoisotopic (exact) mass is 330 g/mol. The predicted molar refractivity (Wildman–Crippen MR) is 85.1 cm³/mol. The maximum atomic E-state index is 12.5. The fraction of sp³-hybridized carbons (Fsp3) is 0.353. The van der Waals surface area contributed by atoms with Crippen molar-refractivity contribution in [2.24, 2.45) is 0 Å². The largest absolute Gasteiger partial charge is 0.474 e. The lowest BCUT2D eigenvalue weighted by Gasteiger charge is -2.17. The smallest absolute Gasteiger partial charge is 0.261 e. The zero-order valence-corrected chi connectivity index (χ0v) is 13.4. The van der Waals surface area contributed by atoms with Gasteiger partial charge in [-0.2, -0.15) is 5.26 Å². The topological polar surface area (TPSA) is 70.4 Å². The van der Waals surface area contributed by atoms with Crippen molar-refractivity contribution in [1.29, 1.82) is 5.26 Å². The van der Waals surface area contributed by atoms with Crippen molar-refractivity contribution < 1.29 is 14.3 Å². The number of amides is 2. The van der Waals surface area contributed by atoms with E-state index in [1.54, 1.807) is 19.1 Å². The molecule has 0 fully saturated rings. The Balaban J connectivity index is 1.94. The van der Waals surface area contributed by atoms with Gasteiger partial charge in [-0.05, 0) is 44.7 Å². The lowest BCUT2D eigenvalue weighted by Crippen LogP contribution is -2.31. The Morgan fingerprint density at radius 3 is 2.39 bits per heavy atom. The van der Waals surface area contributed by atoms with Crippen molar-refractivity contribution in [3.8, 4) is 11.8 Å². The lowest BCUT2D eigenvalue weighted by atomic mass is 9.93.